The lowest BCUT2D eigenvalue weighted by molar-refractivity contribution is -0.121. The number of carbonyl (C=O) groups excluding carboxylic acids is 1. The number of amides is 1. The van der Waals surface area contributed by atoms with Gasteiger partial charge in [0.2, 0.25) is 5.91 Å². The van der Waals surface area contributed by atoms with E-state index in [1.807, 2.05) is 24.3 Å². The van der Waals surface area contributed by atoms with E-state index in [0.29, 0.717) is 5.69 Å². The molecule has 1 amide bonds. The number of benzene rings is 2. The van der Waals surface area contributed by atoms with Gasteiger partial charge >= 0.3 is 0 Å². The maximum Gasteiger partial charge on any atom is 0.263 e. The Morgan fingerprint density at radius 1 is 1.10 bits per heavy atom. The molecule has 11 heteroatoms. The largest absolute Gasteiger partial charge is 0.364 e. The number of ether oxygens (including phenoxy) is 1. The first kappa shape index (κ1) is 20.4. The fourth-order valence-corrected chi connectivity index (χ4v) is 5.27. The predicted molar refractivity (Wildman–Crippen MR) is 117 cm³/mol. The molecule has 30 heavy (non-hydrogen) atoms. The Morgan fingerprint density at radius 3 is 2.63 bits per heavy atom. The fraction of sp³-hybridized carbons (Fsp3) is 0.105. The lowest BCUT2D eigenvalue weighted by atomic mass is 10.3. The normalized spacial score (nSPS) is 11.5. The van der Waals surface area contributed by atoms with E-state index >= 15 is 0 Å². The maximum atomic E-state index is 12.3. The van der Waals surface area contributed by atoms with Crippen LogP contribution in [0.3, 0.4) is 0 Å². The quantitative estimate of drug-likeness (QED) is 0.415. The molecule has 0 saturated heterocycles. The summed E-state index contributed by atoms with van der Waals surface area (Å²) in [6.07, 6.45) is 1.51. The van der Waals surface area contributed by atoms with Crippen LogP contribution in [0.5, 0.6) is 0 Å². The number of carbonyl (C=O) groups is 1. The summed E-state index contributed by atoms with van der Waals surface area (Å²) in [6, 6.07) is 13.6. The molecule has 0 spiro atoms. The number of para-hydroxylation sites is 1. The van der Waals surface area contributed by atoms with Gasteiger partial charge in [0.25, 0.3) is 10.0 Å². The molecule has 2 N–H and O–H groups in total. The molecule has 0 saturated carbocycles. The van der Waals surface area contributed by atoms with Gasteiger partial charge in [0.05, 0.1) is 21.7 Å². The van der Waals surface area contributed by atoms with Crippen molar-refractivity contribution in [3.05, 3.63) is 65.1 Å². The van der Waals surface area contributed by atoms with Crippen molar-refractivity contribution in [1.82, 2.24) is 9.97 Å². The topological polar surface area (TPSA) is 110 Å². The summed E-state index contributed by atoms with van der Waals surface area (Å²) in [5.41, 5.74) is 1.38. The SMILES string of the molecule is O=C(COCc1nc2ccccc2s1)Nc1ccc(S(=O)(=O)Nc2nccs2)cc1. The van der Waals surface area contributed by atoms with Crippen molar-refractivity contribution >= 4 is 59.6 Å². The standard InChI is InChI=1S/C19H16N4O4S3/c24-17(11-27-12-18-22-15-3-1-2-4-16(15)29-18)21-13-5-7-14(8-6-13)30(25,26)23-19-20-9-10-28-19/h1-10H,11-12H2,(H,20,23)(H,21,24). The van der Waals surface area contributed by atoms with Gasteiger partial charge in [-0.15, -0.1) is 22.7 Å². The second-order valence-electron chi connectivity index (χ2n) is 6.08. The number of aromatic nitrogens is 2. The molecule has 0 bridgehead atoms. The highest BCUT2D eigenvalue weighted by Crippen LogP contribution is 2.22. The number of hydrogen-bond donors (Lipinski definition) is 2. The van der Waals surface area contributed by atoms with Crippen LogP contribution in [0.2, 0.25) is 0 Å². The van der Waals surface area contributed by atoms with Crippen LogP contribution in [0.1, 0.15) is 5.01 Å². The summed E-state index contributed by atoms with van der Waals surface area (Å²) in [6.45, 7) is 0.105. The Hall–Kier alpha value is -2.86. The minimum absolute atomic E-state index is 0.0720. The van der Waals surface area contributed by atoms with Crippen molar-refractivity contribution in [2.45, 2.75) is 11.5 Å². The van der Waals surface area contributed by atoms with Crippen LogP contribution in [0.4, 0.5) is 10.8 Å². The van der Waals surface area contributed by atoms with Crippen molar-refractivity contribution in [3.63, 3.8) is 0 Å². The van der Waals surface area contributed by atoms with Crippen LogP contribution in [0.25, 0.3) is 10.2 Å². The monoisotopic (exact) mass is 460 g/mol. The van der Waals surface area contributed by atoms with Gasteiger partial charge in [0.15, 0.2) is 5.13 Å². The Labute approximate surface area is 180 Å². The van der Waals surface area contributed by atoms with Gasteiger partial charge in [-0.05, 0) is 36.4 Å². The molecule has 0 aliphatic rings. The van der Waals surface area contributed by atoms with Crippen LogP contribution in [0, 0.1) is 0 Å². The molecule has 2 aromatic heterocycles. The summed E-state index contributed by atoms with van der Waals surface area (Å²) in [5, 5.41) is 5.44. The summed E-state index contributed by atoms with van der Waals surface area (Å²) < 4.78 is 33.5. The Balaban J connectivity index is 1.29. The van der Waals surface area contributed by atoms with Crippen molar-refractivity contribution in [1.29, 1.82) is 0 Å². The van der Waals surface area contributed by atoms with E-state index in [2.05, 4.69) is 20.0 Å². The van der Waals surface area contributed by atoms with E-state index in [9.17, 15) is 13.2 Å². The zero-order valence-corrected chi connectivity index (χ0v) is 17.9. The van der Waals surface area contributed by atoms with Gasteiger partial charge in [0.1, 0.15) is 11.6 Å². The van der Waals surface area contributed by atoms with Gasteiger partial charge in [-0.2, -0.15) is 0 Å². The lowest BCUT2D eigenvalue weighted by Crippen LogP contribution is -2.18. The Bertz CT molecular complexity index is 1220. The second-order valence-corrected chi connectivity index (χ2v) is 9.78. The minimum atomic E-state index is -3.73. The van der Waals surface area contributed by atoms with Crippen molar-refractivity contribution in [2.75, 3.05) is 16.6 Å². The third-order valence-corrected chi connectivity index (χ3v) is 7.08. The molecular formula is C19H16N4O4S3. The van der Waals surface area contributed by atoms with Crippen LogP contribution in [-0.2, 0) is 26.2 Å². The molecule has 0 aliphatic carbocycles. The molecule has 4 aromatic rings. The number of anilines is 2. The first-order valence-corrected chi connectivity index (χ1v) is 11.9. The zero-order valence-electron chi connectivity index (χ0n) is 15.4. The van der Waals surface area contributed by atoms with E-state index in [-0.39, 0.29) is 29.1 Å². The minimum Gasteiger partial charge on any atom is -0.364 e. The van der Waals surface area contributed by atoms with E-state index in [1.54, 1.807) is 5.38 Å². The van der Waals surface area contributed by atoms with Crippen LogP contribution in [0.15, 0.2) is 65.0 Å². The van der Waals surface area contributed by atoms with Gasteiger partial charge < -0.3 is 10.1 Å². The summed E-state index contributed by atoms with van der Waals surface area (Å²) in [5.74, 6) is -0.340. The fourth-order valence-electron chi connectivity index (χ4n) is 2.57. The van der Waals surface area contributed by atoms with Gasteiger partial charge in [-0.1, -0.05) is 12.1 Å². The smallest absolute Gasteiger partial charge is 0.263 e. The van der Waals surface area contributed by atoms with Gasteiger partial charge in [-0.25, -0.2) is 18.4 Å². The van der Waals surface area contributed by atoms with Crippen LogP contribution >= 0.6 is 22.7 Å². The molecule has 0 fully saturated rings. The molecule has 4 rings (SSSR count). The lowest BCUT2D eigenvalue weighted by Gasteiger charge is -2.08. The van der Waals surface area contributed by atoms with E-state index in [0.717, 1.165) is 15.2 Å². The Kier molecular flexibility index (Phi) is 6.04. The number of fused-ring (bicyclic) bond motifs is 1. The molecule has 0 aliphatic heterocycles. The van der Waals surface area contributed by atoms with Gasteiger partial charge in [0, 0.05) is 17.3 Å². The molecule has 2 heterocycles. The highest BCUT2D eigenvalue weighted by Gasteiger charge is 2.15. The molecular weight excluding hydrogens is 444 g/mol. The van der Waals surface area contributed by atoms with Crippen LogP contribution in [-0.4, -0.2) is 30.9 Å². The molecule has 0 atom stereocenters. The Morgan fingerprint density at radius 2 is 1.90 bits per heavy atom. The first-order valence-electron chi connectivity index (χ1n) is 8.74. The van der Waals surface area contributed by atoms with E-state index in [1.165, 1.54) is 53.1 Å². The number of hydrogen-bond acceptors (Lipinski definition) is 8. The number of sulfonamides is 1. The average molecular weight is 461 g/mol. The third kappa shape index (κ3) is 5.00. The predicted octanol–water partition coefficient (Wildman–Crippen LogP) is 3.71. The first-order chi connectivity index (χ1) is 14.5. The molecule has 0 radical (unpaired) electrons. The average Bonchev–Trinajstić information content (AvgIpc) is 3.37. The maximum absolute atomic E-state index is 12.3. The molecule has 8 nitrogen and oxygen atoms in total. The highest BCUT2D eigenvalue weighted by atomic mass is 32.2. The summed E-state index contributed by atoms with van der Waals surface area (Å²) >= 11 is 2.71. The molecule has 2 aromatic carbocycles. The van der Waals surface area contributed by atoms with Crippen LogP contribution < -0.4 is 10.0 Å². The van der Waals surface area contributed by atoms with E-state index in [4.69, 9.17) is 4.74 Å². The zero-order chi connectivity index (χ0) is 21.0. The molecule has 154 valence electrons. The van der Waals surface area contributed by atoms with E-state index < -0.39 is 10.0 Å². The number of nitrogens with zero attached hydrogens (tertiary/aromatic N) is 2. The van der Waals surface area contributed by atoms with Crippen molar-refractivity contribution in [3.8, 4) is 0 Å². The summed E-state index contributed by atoms with van der Waals surface area (Å²) in [4.78, 5) is 20.5. The van der Waals surface area contributed by atoms with Crippen molar-refractivity contribution < 1.29 is 17.9 Å². The summed E-state index contributed by atoms with van der Waals surface area (Å²) in [7, 11) is -3.73. The number of thiazole rings is 2. The second kappa shape index (κ2) is 8.88. The third-order valence-electron chi connectivity index (χ3n) is 3.90. The highest BCUT2D eigenvalue weighted by molar-refractivity contribution is 7.93. The molecule has 0 unspecified atom stereocenters. The van der Waals surface area contributed by atoms with Gasteiger partial charge in [-0.3, -0.25) is 9.52 Å². The number of rotatable bonds is 8. The number of nitrogens with one attached hydrogen (secondary N) is 2. The van der Waals surface area contributed by atoms with Crippen molar-refractivity contribution in [2.24, 2.45) is 0 Å².